The van der Waals surface area contributed by atoms with E-state index in [4.69, 9.17) is 4.74 Å². The van der Waals surface area contributed by atoms with Crippen molar-refractivity contribution in [2.75, 3.05) is 26.7 Å². The molecule has 0 fully saturated rings. The quantitative estimate of drug-likeness (QED) is 0.338. The van der Waals surface area contributed by atoms with Gasteiger partial charge in [-0.1, -0.05) is 32.0 Å². The molecular weight excluding hydrogens is 400 g/mol. The molecule has 0 aliphatic rings. The smallest absolute Gasteiger partial charge is 0.185 e. The molecule has 0 radical (unpaired) electrons. The average molecular weight is 436 g/mol. The van der Waals surface area contributed by atoms with E-state index < -0.39 is 6.10 Å². The molecule has 5 heteroatoms. The van der Waals surface area contributed by atoms with Crippen LogP contribution in [0.1, 0.15) is 42.6 Å². The molecule has 0 spiro atoms. The van der Waals surface area contributed by atoms with Crippen LogP contribution in [-0.4, -0.2) is 48.3 Å². The first kappa shape index (κ1) is 23.8. The lowest BCUT2D eigenvalue weighted by atomic mass is 10.1. The number of ether oxygens (including phenoxy) is 1. The molecule has 0 unspecified atom stereocenters. The zero-order valence-corrected chi connectivity index (χ0v) is 19.4. The number of hydrogen-bond donors (Lipinski definition) is 2. The number of para-hydroxylation sites is 1. The molecule has 170 valence electrons. The summed E-state index contributed by atoms with van der Waals surface area (Å²) in [5.74, 6) is 0.674. The van der Waals surface area contributed by atoms with Crippen LogP contribution in [0.4, 0.5) is 0 Å². The van der Waals surface area contributed by atoms with Crippen molar-refractivity contribution in [1.82, 2.24) is 4.57 Å². The Morgan fingerprint density at radius 2 is 1.78 bits per heavy atom. The topological polar surface area (TPSA) is 55.9 Å². The zero-order valence-electron chi connectivity index (χ0n) is 19.4. The maximum Gasteiger partial charge on any atom is 0.185 e. The van der Waals surface area contributed by atoms with Crippen LogP contribution in [0.15, 0.2) is 60.8 Å². The lowest BCUT2D eigenvalue weighted by Gasteiger charge is -2.22. The van der Waals surface area contributed by atoms with Gasteiger partial charge in [0.25, 0.3) is 0 Å². The van der Waals surface area contributed by atoms with E-state index >= 15 is 0 Å². The van der Waals surface area contributed by atoms with Gasteiger partial charge in [-0.2, -0.15) is 0 Å². The van der Waals surface area contributed by atoms with Crippen LogP contribution in [-0.2, 0) is 6.54 Å². The molecule has 1 heterocycles. The highest BCUT2D eigenvalue weighted by Gasteiger charge is 2.16. The monoisotopic (exact) mass is 435 g/mol. The van der Waals surface area contributed by atoms with E-state index in [0.717, 1.165) is 54.7 Å². The highest BCUT2D eigenvalue weighted by Crippen LogP contribution is 2.23. The number of carbonyl (C=O) groups excluding carboxylic acids is 1. The van der Waals surface area contributed by atoms with E-state index in [1.807, 2.05) is 24.4 Å². The normalized spacial score (nSPS) is 12.7. The van der Waals surface area contributed by atoms with Gasteiger partial charge < -0.3 is 19.3 Å². The van der Waals surface area contributed by atoms with E-state index in [0.29, 0.717) is 12.1 Å². The number of carbonyl (C=O) groups is 1. The first-order valence-electron chi connectivity index (χ1n) is 11.5. The minimum Gasteiger partial charge on any atom is -0.497 e. The Bertz CT molecular complexity index is 1030. The van der Waals surface area contributed by atoms with E-state index in [1.54, 1.807) is 37.5 Å². The van der Waals surface area contributed by atoms with Gasteiger partial charge in [-0.25, -0.2) is 0 Å². The van der Waals surface area contributed by atoms with Gasteiger partial charge >= 0.3 is 0 Å². The fourth-order valence-corrected chi connectivity index (χ4v) is 4.24. The van der Waals surface area contributed by atoms with E-state index in [9.17, 15) is 9.90 Å². The van der Waals surface area contributed by atoms with Crippen molar-refractivity contribution in [1.29, 1.82) is 0 Å². The van der Waals surface area contributed by atoms with E-state index in [-0.39, 0.29) is 5.78 Å². The standard InChI is InChI=1S/C27H34N2O3/c1-4-16-28(17-5-2)19-23(30)20-29-18-22(25-8-6-7-9-26(25)29)12-15-27(31)21-10-13-24(32-3)14-11-21/h6-15,18,23,30H,4-5,16-17,19-20H2,1-3H3/p+1/b15-12+/t23-/m1/s1. The molecule has 2 N–H and O–H groups in total. The van der Waals surface area contributed by atoms with E-state index in [2.05, 4.69) is 30.5 Å². The molecule has 3 aromatic rings. The maximum atomic E-state index is 12.6. The summed E-state index contributed by atoms with van der Waals surface area (Å²) in [4.78, 5) is 14.1. The Morgan fingerprint density at radius 3 is 2.44 bits per heavy atom. The third-order valence-electron chi connectivity index (χ3n) is 5.75. The van der Waals surface area contributed by atoms with Crippen molar-refractivity contribution in [3.05, 3.63) is 71.9 Å². The van der Waals surface area contributed by atoms with Crippen molar-refractivity contribution in [3.63, 3.8) is 0 Å². The minimum absolute atomic E-state index is 0.0529. The summed E-state index contributed by atoms with van der Waals surface area (Å²) in [7, 11) is 1.61. The number of methoxy groups -OCH3 is 1. The number of hydrogen-bond acceptors (Lipinski definition) is 3. The SMILES string of the molecule is CCC[NH+](CCC)C[C@@H](O)Cn1cc(/C=C/C(=O)c2ccc(OC)cc2)c2ccccc21. The molecule has 1 atom stereocenters. The molecule has 0 aliphatic heterocycles. The Labute approximate surface area is 190 Å². The van der Waals surface area contributed by atoms with Gasteiger partial charge in [0.1, 0.15) is 18.4 Å². The Morgan fingerprint density at radius 1 is 1.09 bits per heavy atom. The second-order valence-electron chi connectivity index (χ2n) is 8.29. The van der Waals surface area contributed by atoms with Gasteiger partial charge in [0, 0.05) is 28.2 Å². The number of aliphatic hydroxyl groups excluding tert-OH is 1. The van der Waals surface area contributed by atoms with Gasteiger partial charge in [0.05, 0.1) is 26.7 Å². The third kappa shape index (κ3) is 6.09. The number of aromatic nitrogens is 1. The summed E-state index contributed by atoms with van der Waals surface area (Å²) >= 11 is 0. The van der Waals surface area contributed by atoms with Gasteiger partial charge in [-0.15, -0.1) is 0 Å². The zero-order chi connectivity index (χ0) is 22.9. The summed E-state index contributed by atoms with van der Waals surface area (Å²) in [5.41, 5.74) is 2.66. The largest absolute Gasteiger partial charge is 0.497 e. The third-order valence-corrected chi connectivity index (χ3v) is 5.75. The molecule has 0 bridgehead atoms. The second-order valence-corrected chi connectivity index (χ2v) is 8.29. The molecule has 32 heavy (non-hydrogen) atoms. The minimum atomic E-state index is -0.420. The van der Waals surface area contributed by atoms with Gasteiger partial charge in [-0.05, 0) is 55.3 Å². The highest BCUT2D eigenvalue weighted by molar-refractivity contribution is 6.07. The van der Waals surface area contributed by atoms with Crippen molar-refractivity contribution >= 4 is 22.8 Å². The summed E-state index contributed by atoms with van der Waals surface area (Å²) in [6, 6.07) is 15.2. The van der Waals surface area contributed by atoms with Crippen LogP contribution in [0.2, 0.25) is 0 Å². The summed E-state index contributed by atoms with van der Waals surface area (Å²) in [6.07, 6.45) is 7.32. The summed E-state index contributed by atoms with van der Waals surface area (Å²) in [6.45, 7) is 7.82. The molecule has 5 nitrogen and oxygen atoms in total. The van der Waals surface area contributed by atoms with Crippen LogP contribution in [0.25, 0.3) is 17.0 Å². The molecular formula is C27H35N2O3+. The number of quaternary nitrogens is 1. The van der Waals surface area contributed by atoms with Gasteiger partial charge in [-0.3, -0.25) is 4.79 Å². The number of ketones is 1. The number of fused-ring (bicyclic) bond motifs is 1. The van der Waals surface area contributed by atoms with Crippen LogP contribution in [0.5, 0.6) is 5.75 Å². The van der Waals surface area contributed by atoms with Gasteiger partial charge in [0.2, 0.25) is 0 Å². The van der Waals surface area contributed by atoms with Crippen LogP contribution in [0, 0.1) is 0 Å². The number of nitrogens with zero attached hydrogens (tertiary/aromatic N) is 1. The number of allylic oxidation sites excluding steroid dienone is 1. The fraction of sp³-hybridized carbons (Fsp3) is 0.370. The maximum absolute atomic E-state index is 12.6. The van der Waals surface area contributed by atoms with Crippen molar-refractivity contribution in [3.8, 4) is 5.75 Å². The average Bonchev–Trinajstić information content (AvgIpc) is 3.15. The van der Waals surface area contributed by atoms with Crippen molar-refractivity contribution < 1.29 is 19.5 Å². The summed E-state index contributed by atoms with van der Waals surface area (Å²) in [5, 5.41) is 11.9. The molecule has 2 aromatic carbocycles. The number of aliphatic hydroxyl groups is 1. The van der Waals surface area contributed by atoms with Crippen molar-refractivity contribution in [2.45, 2.75) is 39.3 Å². The predicted octanol–water partition coefficient (Wildman–Crippen LogP) is 3.61. The predicted molar refractivity (Wildman–Crippen MR) is 130 cm³/mol. The summed E-state index contributed by atoms with van der Waals surface area (Å²) < 4.78 is 7.26. The van der Waals surface area contributed by atoms with Crippen LogP contribution < -0.4 is 9.64 Å². The number of benzene rings is 2. The fourth-order valence-electron chi connectivity index (χ4n) is 4.24. The van der Waals surface area contributed by atoms with Crippen LogP contribution in [0.3, 0.4) is 0 Å². The lowest BCUT2D eigenvalue weighted by Crippen LogP contribution is -3.13. The highest BCUT2D eigenvalue weighted by atomic mass is 16.5. The number of rotatable bonds is 12. The number of nitrogens with one attached hydrogen (secondary N) is 1. The lowest BCUT2D eigenvalue weighted by molar-refractivity contribution is -0.903. The molecule has 0 saturated carbocycles. The molecule has 0 saturated heterocycles. The molecule has 0 aliphatic carbocycles. The van der Waals surface area contributed by atoms with E-state index in [1.165, 1.54) is 4.90 Å². The Kier molecular flexibility index (Phi) is 8.65. The van der Waals surface area contributed by atoms with Crippen molar-refractivity contribution in [2.24, 2.45) is 0 Å². The first-order chi connectivity index (χ1) is 15.5. The second kappa shape index (κ2) is 11.7. The molecule has 3 rings (SSSR count). The van der Waals surface area contributed by atoms with Gasteiger partial charge in [0.15, 0.2) is 5.78 Å². The first-order valence-corrected chi connectivity index (χ1v) is 11.5. The Balaban J connectivity index is 1.77. The van der Waals surface area contributed by atoms with Crippen LogP contribution >= 0.6 is 0 Å². The molecule has 1 aromatic heterocycles. The molecule has 0 amide bonds. The Hall–Kier alpha value is -2.89.